The molecule has 0 aliphatic carbocycles. The predicted molar refractivity (Wildman–Crippen MR) is 124 cm³/mol. The quantitative estimate of drug-likeness (QED) is 0.206. The number of unbranched alkanes of at least 4 members (excludes halogenated alkanes) is 13. The van der Waals surface area contributed by atoms with Crippen LogP contribution >= 0.6 is 11.6 Å². The van der Waals surface area contributed by atoms with Crippen LogP contribution in [-0.4, -0.2) is 12.5 Å². The van der Waals surface area contributed by atoms with Crippen LogP contribution in [0.3, 0.4) is 0 Å². The molecule has 1 amide bonds. The van der Waals surface area contributed by atoms with Gasteiger partial charge in [0.05, 0.1) is 0 Å². The molecule has 0 fully saturated rings. The second-order valence-corrected chi connectivity index (χ2v) is 8.15. The van der Waals surface area contributed by atoms with E-state index in [1.165, 1.54) is 83.5 Å². The SMILES string of the molecule is CCCCCCCCCCCCCCCCNC(=O)C=Cc1ccccc1Cl. The van der Waals surface area contributed by atoms with Crippen molar-refractivity contribution in [3.05, 3.63) is 40.9 Å². The molecule has 1 N–H and O–H groups in total. The molecule has 1 aromatic rings. The lowest BCUT2D eigenvalue weighted by Crippen LogP contribution is -2.21. The second-order valence-electron chi connectivity index (χ2n) is 7.74. The number of rotatable bonds is 17. The number of amides is 1. The zero-order chi connectivity index (χ0) is 20.3. The molecule has 0 saturated heterocycles. The first-order chi connectivity index (χ1) is 13.7. The highest BCUT2D eigenvalue weighted by molar-refractivity contribution is 6.32. The maximum atomic E-state index is 11.8. The first kappa shape index (κ1) is 24.8. The Morgan fingerprint density at radius 2 is 1.32 bits per heavy atom. The zero-order valence-electron chi connectivity index (χ0n) is 17.9. The molecule has 28 heavy (non-hydrogen) atoms. The molecule has 0 aliphatic heterocycles. The van der Waals surface area contributed by atoms with E-state index in [2.05, 4.69) is 12.2 Å². The van der Waals surface area contributed by atoms with Gasteiger partial charge in [-0.15, -0.1) is 0 Å². The van der Waals surface area contributed by atoms with Crippen molar-refractivity contribution in [2.75, 3.05) is 6.54 Å². The van der Waals surface area contributed by atoms with E-state index in [4.69, 9.17) is 11.6 Å². The minimum absolute atomic E-state index is 0.0467. The summed E-state index contributed by atoms with van der Waals surface area (Å²) < 4.78 is 0. The standard InChI is InChI=1S/C25H40ClNO/c1-2-3-4-5-6-7-8-9-10-11-12-13-14-17-22-27-25(28)21-20-23-18-15-16-19-24(23)26/h15-16,18-21H,2-14,17,22H2,1H3,(H,27,28). The minimum atomic E-state index is -0.0467. The number of carbonyl (C=O) groups excluding carboxylic acids is 1. The summed E-state index contributed by atoms with van der Waals surface area (Å²) in [6.45, 7) is 3.03. The molecule has 0 aliphatic rings. The molecule has 3 heteroatoms. The van der Waals surface area contributed by atoms with Crippen molar-refractivity contribution in [1.82, 2.24) is 5.32 Å². The number of halogens is 1. The van der Waals surface area contributed by atoms with E-state index in [0.717, 1.165) is 18.5 Å². The summed E-state index contributed by atoms with van der Waals surface area (Å²) in [6.07, 6.45) is 22.2. The van der Waals surface area contributed by atoms with E-state index >= 15 is 0 Å². The lowest BCUT2D eigenvalue weighted by Gasteiger charge is -2.04. The summed E-state index contributed by atoms with van der Waals surface area (Å²) in [5, 5.41) is 3.61. The molecule has 0 atom stereocenters. The van der Waals surface area contributed by atoms with Gasteiger partial charge in [0, 0.05) is 17.6 Å². The van der Waals surface area contributed by atoms with Crippen molar-refractivity contribution >= 4 is 23.6 Å². The lowest BCUT2D eigenvalue weighted by molar-refractivity contribution is -0.116. The minimum Gasteiger partial charge on any atom is -0.353 e. The van der Waals surface area contributed by atoms with Gasteiger partial charge in [0.15, 0.2) is 0 Å². The van der Waals surface area contributed by atoms with Gasteiger partial charge in [0.1, 0.15) is 0 Å². The smallest absolute Gasteiger partial charge is 0.243 e. The highest BCUT2D eigenvalue weighted by Crippen LogP contribution is 2.16. The summed E-state index contributed by atoms with van der Waals surface area (Å²) in [5.74, 6) is -0.0467. The van der Waals surface area contributed by atoms with E-state index in [1.807, 2.05) is 24.3 Å². The molecule has 2 nitrogen and oxygen atoms in total. The molecule has 0 bridgehead atoms. The molecule has 0 spiro atoms. The van der Waals surface area contributed by atoms with Crippen LogP contribution in [0, 0.1) is 0 Å². The van der Waals surface area contributed by atoms with E-state index in [9.17, 15) is 4.79 Å². The highest BCUT2D eigenvalue weighted by atomic mass is 35.5. The van der Waals surface area contributed by atoms with Crippen LogP contribution in [0.1, 0.15) is 102 Å². The molecule has 0 saturated carbocycles. The number of carbonyl (C=O) groups is 1. The van der Waals surface area contributed by atoms with Crippen LogP contribution < -0.4 is 5.32 Å². The number of hydrogen-bond donors (Lipinski definition) is 1. The van der Waals surface area contributed by atoms with E-state index < -0.39 is 0 Å². The highest BCUT2D eigenvalue weighted by Gasteiger charge is 1.98. The third kappa shape index (κ3) is 13.8. The van der Waals surface area contributed by atoms with Crippen molar-refractivity contribution in [1.29, 1.82) is 0 Å². The second kappa shape index (κ2) is 17.8. The number of benzene rings is 1. The maximum absolute atomic E-state index is 11.8. The van der Waals surface area contributed by atoms with E-state index in [1.54, 1.807) is 12.2 Å². The first-order valence-electron chi connectivity index (χ1n) is 11.4. The van der Waals surface area contributed by atoms with Crippen molar-refractivity contribution in [3.8, 4) is 0 Å². The van der Waals surface area contributed by atoms with Gasteiger partial charge < -0.3 is 5.32 Å². The third-order valence-electron chi connectivity index (χ3n) is 5.15. The number of hydrogen-bond acceptors (Lipinski definition) is 1. The molecule has 1 aromatic carbocycles. The Hall–Kier alpha value is -1.28. The zero-order valence-corrected chi connectivity index (χ0v) is 18.6. The van der Waals surface area contributed by atoms with Crippen molar-refractivity contribution < 1.29 is 4.79 Å². The molecule has 0 radical (unpaired) electrons. The fourth-order valence-corrected chi connectivity index (χ4v) is 3.56. The topological polar surface area (TPSA) is 29.1 Å². The van der Waals surface area contributed by atoms with Gasteiger partial charge >= 0.3 is 0 Å². The summed E-state index contributed by atoms with van der Waals surface area (Å²) in [5.41, 5.74) is 0.871. The van der Waals surface area contributed by atoms with Crippen LogP contribution in [0.2, 0.25) is 5.02 Å². The molecular weight excluding hydrogens is 366 g/mol. The summed E-state index contributed by atoms with van der Waals surface area (Å²) in [4.78, 5) is 11.8. The fourth-order valence-electron chi connectivity index (χ4n) is 3.37. The normalized spacial score (nSPS) is 11.2. The summed E-state index contributed by atoms with van der Waals surface area (Å²) in [7, 11) is 0. The Morgan fingerprint density at radius 3 is 1.86 bits per heavy atom. The van der Waals surface area contributed by atoms with Gasteiger partial charge in [-0.3, -0.25) is 4.79 Å². The Labute approximate surface area is 178 Å². The Morgan fingerprint density at radius 1 is 0.821 bits per heavy atom. The average molecular weight is 406 g/mol. The van der Waals surface area contributed by atoms with Gasteiger partial charge in [-0.25, -0.2) is 0 Å². The molecule has 158 valence electrons. The molecule has 0 aromatic heterocycles. The van der Waals surface area contributed by atoms with Crippen molar-refractivity contribution in [2.24, 2.45) is 0 Å². The summed E-state index contributed by atoms with van der Waals surface area (Å²) in [6, 6.07) is 7.53. The Bertz CT molecular complexity index is 541. The average Bonchev–Trinajstić information content (AvgIpc) is 2.70. The van der Waals surface area contributed by atoms with Crippen LogP contribution in [-0.2, 0) is 4.79 Å². The van der Waals surface area contributed by atoms with Crippen molar-refractivity contribution in [2.45, 2.75) is 96.8 Å². The molecular formula is C25H40ClNO. The van der Waals surface area contributed by atoms with Crippen LogP contribution in [0.25, 0.3) is 6.08 Å². The van der Waals surface area contributed by atoms with Crippen LogP contribution in [0.15, 0.2) is 30.3 Å². The lowest BCUT2D eigenvalue weighted by atomic mass is 10.0. The van der Waals surface area contributed by atoms with Crippen LogP contribution in [0.4, 0.5) is 0 Å². The molecule has 0 heterocycles. The monoisotopic (exact) mass is 405 g/mol. The predicted octanol–water partition coefficient (Wildman–Crippen LogP) is 7.95. The molecule has 1 rings (SSSR count). The molecule has 0 unspecified atom stereocenters. The van der Waals surface area contributed by atoms with Gasteiger partial charge in [-0.1, -0.05) is 120 Å². The van der Waals surface area contributed by atoms with Crippen molar-refractivity contribution in [3.63, 3.8) is 0 Å². The first-order valence-corrected chi connectivity index (χ1v) is 11.8. The van der Waals surface area contributed by atoms with Gasteiger partial charge in [-0.2, -0.15) is 0 Å². The van der Waals surface area contributed by atoms with Gasteiger partial charge in [-0.05, 0) is 24.1 Å². The van der Waals surface area contributed by atoms with E-state index in [0.29, 0.717) is 5.02 Å². The Balaban J connectivity index is 1.86. The number of nitrogens with one attached hydrogen (secondary N) is 1. The van der Waals surface area contributed by atoms with Gasteiger partial charge in [0.2, 0.25) is 5.91 Å². The van der Waals surface area contributed by atoms with E-state index in [-0.39, 0.29) is 5.91 Å². The largest absolute Gasteiger partial charge is 0.353 e. The maximum Gasteiger partial charge on any atom is 0.243 e. The fraction of sp³-hybridized carbons (Fsp3) is 0.640. The van der Waals surface area contributed by atoms with Gasteiger partial charge in [0.25, 0.3) is 0 Å². The summed E-state index contributed by atoms with van der Waals surface area (Å²) >= 11 is 6.07. The Kier molecular flexibility index (Phi) is 15.7. The third-order valence-corrected chi connectivity index (χ3v) is 5.49. The van der Waals surface area contributed by atoms with Crippen LogP contribution in [0.5, 0.6) is 0 Å².